The first-order chi connectivity index (χ1) is 15.3. The summed E-state index contributed by atoms with van der Waals surface area (Å²) in [7, 11) is -0.237. The summed E-state index contributed by atoms with van der Waals surface area (Å²) in [6, 6.07) is 10.1. The molecule has 170 valence electrons. The van der Waals surface area contributed by atoms with Crippen LogP contribution >= 0.6 is 34.5 Å². The van der Waals surface area contributed by atoms with Crippen molar-refractivity contribution in [2.24, 2.45) is 0 Å². The number of rotatable bonds is 6. The van der Waals surface area contributed by atoms with Crippen molar-refractivity contribution in [2.75, 3.05) is 32.2 Å². The van der Waals surface area contributed by atoms with Crippen molar-refractivity contribution in [1.29, 1.82) is 0 Å². The summed E-state index contributed by atoms with van der Waals surface area (Å²) in [6.07, 6.45) is 1.03. The summed E-state index contributed by atoms with van der Waals surface area (Å²) in [5.74, 6) is 1.44. The highest BCUT2D eigenvalue weighted by atomic mass is 35.5. The summed E-state index contributed by atoms with van der Waals surface area (Å²) < 4.78 is 36.9. The Morgan fingerprint density at radius 1 is 1.03 bits per heavy atom. The quantitative estimate of drug-likeness (QED) is 0.429. The Morgan fingerprint density at radius 3 is 2.44 bits per heavy atom. The Kier molecular flexibility index (Phi) is 6.86. The molecule has 2 heterocycles. The van der Waals surface area contributed by atoms with Gasteiger partial charge in [-0.3, -0.25) is 0 Å². The van der Waals surface area contributed by atoms with Gasteiger partial charge in [0.2, 0.25) is 0 Å². The SMILES string of the molecule is COc1ccc(OC)c(-c2csc(N3CCC(S(=O)(=O)c4ccc(Cl)c(Cl)c4)CC3)n2)c1. The van der Waals surface area contributed by atoms with E-state index in [2.05, 4.69) is 4.90 Å². The van der Waals surface area contributed by atoms with Crippen LogP contribution in [0.3, 0.4) is 0 Å². The number of ether oxygens (including phenoxy) is 2. The highest BCUT2D eigenvalue weighted by Crippen LogP contribution is 2.37. The maximum absolute atomic E-state index is 13.1. The molecule has 1 aliphatic heterocycles. The number of sulfone groups is 1. The Hall–Kier alpha value is -2.00. The standard InChI is InChI=1S/C22H22Cl2N2O4S2/c1-29-14-3-6-21(30-2)17(11-14)20-13-31-22(25-20)26-9-7-15(8-10-26)32(27,28)16-4-5-18(23)19(24)12-16/h3-6,11-13,15H,7-10H2,1-2H3. The van der Waals surface area contributed by atoms with E-state index in [0.29, 0.717) is 36.7 Å². The van der Waals surface area contributed by atoms with Crippen LogP contribution in [0.5, 0.6) is 11.5 Å². The minimum absolute atomic E-state index is 0.215. The third kappa shape index (κ3) is 4.55. The average Bonchev–Trinajstić information content (AvgIpc) is 3.30. The van der Waals surface area contributed by atoms with Crippen LogP contribution in [-0.4, -0.2) is 46.0 Å². The van der Waals surface area contributed by atoms with Crippen LogP contribution in [0.2, 0.25) is 10.0 Å². The van der Waals surface area contributed by atoms with E-state index >= 15 is 0 Å². The molecule has 32 heavy (non-hydrogen) atoms. The number of piperidine rings is 1. The lowest BCUT2D eigenvalue weighted by Crippen LogP contribution is -2.39. The maximum Gasteiger partial charge on any atom is 0.185 e. The van der Waals surface area contributed by atoms with Crippen molar-refractivity contribution in [3.05, 3.63) is 51.8 Å². The topological polar surface area (TPSA) is 68.7 Å². The third-order valence-electron chi connectivity index (χ3n) is 5.55. The Morgan fingerprint density at radius 2 is 1.78 bits per heavy atom. The second kappa shape index (κ2) is 9.47. The van der Waals surface area contributed by atoms with Gasteiger partial charge in [-0.25, -0.2) is 13.4 Å². The van der Waals surface area contributed by atoms with Gasteiger partial charge in [-0.1, -0.05) is 23.2 Å². The van der Waals surface area contributed by atoms with E-state index in [1.165, 1.54) is 29.5 Å². The predicted octanol–water partition coefficient (Wildman–Crippen LogP) is 5.58. The number of methoxy groups -OCH3 is 2. The van der Waals surface area contributed by atoms with Gasteiger partial charge in [0.25, 0.3) is 0 Å². The fourth-order valence-corrected chi connectivity index (χ4v) is 6.75. The van der Waals surface area contributed by atoms with E-state index in [-0.39, 0.29) is 9.92 Å². The monoisotopic (exact) mass is 512 g/mol. The van der Waals surface area contributed by atoms with E-state index in [1.807, 2.05) is 23.6 Å². The number of hydrogen-bond donors (Lipinski definition) is 0. The molecule has 0 N–H and O–H groups in total. The normalized spacial score (nSPS) is 15.1. The van der Waals surface area contributed by atoms with E-state index in [9.17, 15) is 8.42 Å². The molecule has 0 aliphatic carbocycles. The van der Waals surface area contributed by atoms with Gasteiger partial charge in [0.05, 0.1) is 40.1 Å². The summed E-state index contributed by atoms with van der Waals surface area (Å²) >= 11 is 13.5. The second-order valence-electron chi connectivity index (χ2n) is 7.39. The maximum atomic E-state index is 13.1. The van der Waals surface area contributed by atoms with Crippen molar-refractivity contribution in [3.63, 3.8) is 0 Å². The Balaban J connectivity index is 1.49. The first kappa shape index (κ1) is 23.2. The van der Waals surface area contributed by atoms with Crippen LogP contribution in [-0.2, 0) is 9.84 Å². The number of anilines is 1. The molecule has 10 heteroatoms. The van der Waals surface area contributed by atoms with Crippen LogP contribution in [0.1, 0.15) is 12.8 Å². The first-order valence-electron chi connectivity index (χ1n) is 9.95. The van der Waals surface area contributed by atoms with Gasteiger partial charge in [-0.2, -0.15) is 0 Å². The van der Waals surface area contributed by atoms with Crippen LogP contribution in [0.15, 0.2) is 46.7 Å². The van der Waals surface area contributed by atoms with Gasteiger partial charge in [0.15, 0.2) is 15.0 Å². The van der Waals surface area contributed by atoms with Gasteiger partial charge >= 0.3 is 0 Å². The molecule has 2 aromatic carbocycles. The van der Waals surface area contributed by atoms with E-state index in [1.54, 1.807) is 14.2 Å². The van der Waals surface area contributed by atoms with Crippen molar-refractivity contribution in [3.8, 4) is 22.8 Å². The molecular formula is C22H22Cl2N2O4S2. The van der Waals surface area contributed by atoms with Crippen molar-refractivity contribution in [1.82, 2.24) is 4.98 Å². The van der Waals surface area contributed by atoms with E-state index in [4.69, 9.17) is 37.7 Å². The molecule has 0 spiro atoms. The predicted molar refractivity (Wildman–Crippen MR) is 130 cm³/mol. The fraction of sp³-hybridized carbons (Fsp3) is 0.318. The Labute approximate surface area is 201 Å². The molecule has 0 amide bonds. The second-order valence-corrected chi connectivity index (χ2v) is 11.3. The molecule has 0 bridgehead atoms. The summed E-state index contributed by atoms with van der Waals surface area (Å²) in [6.45, 7) is 1.21. The molecule has 0 atom stereocenters. The smallest absolute Gasteiger partial charge is 0.185 e. The average molecular weight is 513 g/mol. The van der Waals surface area contributed by atoms with Crippen LogP contribution in [0, 0.1) is 0 Å². The van der Waals surface area contributed by atoms with Gasteiger partial charge < -0.3 is 14.4 Å². The van der Waals surface area contributed by atoms with E-state index in [0.717, 1.165) is 22.1 Å². The Bertz CT molecular complexity index is 1220. The van der Waals surface area contributed by atoms with E-state index < -0.39 is 15.1 Å². The zero-order valence-electron chi connectivity index (χ0n) is 17.5. The van der Waals surface area contributed by atoms with Crippen molar-refractivity contribution < 1.29 is 17.9 Å². The number of benzene rings is 2. The lowest BCUT2D eigenvalue weighted by Gasteiger charge is -2.31. The first-order valence-corrected chi connectivity index (χ1v) is 13.1. The number of nitrogens with zero attached hydrogens (tertiary/aromatic N) is 2. The van der Waals surface area contributed by atoms with Gasteiger partial charge in [0, 0.05) is 24.0 Å². The largest absolute Gasteiger partial charge is 0.497 e. The molecule has 1 aromatic heterocycles. The molecule has 4 rings (SSSR count). The minimum atomic E-state index is -3.48. The molecule has 3 aromatic rings. The molecule has 1 aliphatic rings. The third-order valence-corrected chi connectivity index (χ3v) is 9.45. The van der Waals surface area contributed by atoms with Crippen molar-refractivity contribution in [2.45, 2.75) is 23.0 Å². The summed E-state index contributed by atoms with van der Waals surface area (Å²) in [4.78, 5) is 7.12. The van der Waals surface area contributed by atoms with Gasteiger partial charge in [0.1, 0.15) is 11.5 Å². The van der Waals surface area contributed by atoms with Crippen LogP contribution in [0.4, 0.5) is 5.13 Å². The lowest BCUT2D eigenvalue weighted by atomic mass is 10.1. The zero-order chi connectivity index (χ0) is 22.9. The van der Waals surface area contributed by atoms with Crippen LogP contribution in [0.25, 0.3) is 11.3 Å². The molecule has 6 nitrogen and oxygen atoms in total. The molecular weight excluding hydrogens is 491 g/mol. The molecule has 0 saturated carbocycles. The lowest BCUT2D eigenvalue weighted by molar-refractivity contribution is 0.404. The minimum Gasteiger partial charge on any atom is -0.497 e. The highest BCUT2D eigenvalue weighted by Gasteiger charge is 2.32. The zero-order valence-corrected chi connectivity index (χ0v) is 20.7. The molecule has 1 fully saturated rings. The number of hydrogen-bond acceptors (Lipinski definition) is 7. The molecule has 0 radical (unpaired) electrons. The van der Waals surface area contributed by atoms with Gasteiger partial charge in [-0.15, -0.1) is 11.3 Å². The number of aromatic nitrogens is 1. The van der Waals surface area contributed by atoms with Gasteiger partial charge in [-0.05, 0) is 49.2 Å². The fourth-order valence-electron chi connectivity index (χ4n) is 3.75. The summed E-state index contributed by atoms with van der Waals surface area (Å²) in [5.41, 5.74) is 1.65. The highest BCUT2D eigenvalue weighted by molar-refractivity contribution is 7.92. The number of thiazole rings is 1. The molecule has 1 saturated heterocycles. The van der Waals surface area contributed by atoms with Crippen LogP contribution < -0.4 is 14.4 Å². The molecule has 0 unspecified atom stereocenters. The number of halogens is 2. The van der Waals surface area contributed by atoms with Crippen molar-refractivity contribution >= 4 is 49.5 Å². The summed E-state index contributed by atoms with van der Waals surface area (Å²) in [5, 5.41) is 2.95.